The number of nitrogens with one attached hydrogen (secondary N) is 4. The van der Waals surface area contributed by atoms with Crippen molar-refractivity contribution in [1.82, 2.24) is 21.3 Å². The fourth-order valence-electron chi connectivity index (χ4n) is 4.54. The fraction of sp³-hybridized carbons (Fsp3) is 0.643. The number of fused-ring (bicyclic) bond motifs is 1. The highest BCUT2D eigenvalue weighted by atomic mass is 32.2. The van der Waals surface area contributed by atoms with Crippen LogP contribution in [0.1, 0.15) is 74.1 Å². The quantitative estimate of drug-likeness (QED) is 0.152. The molecule has 0 spiro atoms. The van der Waals surface area contributed by atoms with Crippen molar-refractivity contribution >= 4 is 35.9 Å². The van der Waals surface area contributed by atoms with Crippen LogP contribution in [0, 0.1) is 10.8 Å². The van der Waals surface area contributed by atoms with E-state index in [2.05, 4.69) is 35.1 Å². The fourth-order valence-corrected chi connectivity index (χ4v) is 6.08. The highest BCUT2D eigenvalue weighted by Crippen LogP contribution is 2.33. The van der Waals surface area contributed by atoms with E-state index in [1.807, 2.05) is 25.6 Å². The molecule has 10 heteroatoms. The van der Waals surface area contributed by atoms with Crippen molar-refractivity contribution in [3.63, 3.8) is 0 Å². The van der Waals surface area contributed by atoms with E-state index in [0.717, 1.165) is 31.3 Å². The van der Waals surface area contributed by atoms with Gasteiger partial charge in [0.2, 0.25) is 5.91 Å². The molecule has 3 unspecified atom stereocenters. The minimum atomic E-state index is -0.271. The summed E-state index contributed by atoms with van der Waals surface area (Å²) in [4.78, 5) is 47.0. The summed E-state index contributed by atoms with van der Waals surface area (Å²) in [6, 6.07) is 6.90. The maximum atomic E-state index is 12.4. The van der Waals surface area contributed by atoms with E-state index in [9.17, 15) is 19.2 Å². The first-order chi connectivity index (χ1) is 18.0. The van der Waals surface area contributed by atoms with Gasteiger partial charge in [-0.05, 0) is 25.0 Å². The van der Waals surface area contributed by atoms with Crippen molar-refractivity contribution in [2.45, 2.75) is 70.7 Å². The molecule has 3 rings (SSSR count). The van der Waals surface area contributed by atoms with Gasteiger partial charge in [0, 0.05) is 52.5 Å². The molecule has 38 heavy (non-hydrogen) atoms. The van der Waals surface area contributed by atoms with E-state index < -0.39 is 0 Å². The van der Waals surface area contributed by atoms with Crippen LogP contribution in [0.2, 0.25) is 0 Å². The molecule has 1 aromatic rings. The standard InChI is InChI=1S/C28H42N4O5S/c1-27(2,15-29-23(34)8-6-5-7-22-24-21(14-38-22)31-26(36)32-24)17-37-18-28(3,4)16-30-25(35)20-11-9-19(13-33)10-12-20/h9-13,21-22,24H,5-8,14-18H2,1-4H3,(H,29,34)(H,30,35)(H2,31,32,36). The number of benzene rings is 1. The Morgan fingerprint density at radius 3 is 2.34 bits per heavy atom. The summed E-state index contributed by atoms with van der Waals surface area (Å²) in [5.74, 6) is 0.817. The number of carbonyl (C=O) groups is 4. The van der Waals surface area contributed by atoms with Gasteiger partial charge >= 0.3 is 6.03 Å². The SMILES string of the molecule is CC(C)(CNC(=O)CCCCC1SCC2NC(=O)NC21)COCC(C)(C)CNC(=O)c1ccc(C=O)cc1. The molecular weight excluding hydrogens is 504 g/mol. The summed E-state index contributed by atoms with van der Waals surface area (Å²) < 4.78 is 5.98. The Morgan fingerprint density at radius 2 is 1.68 bits per heavy atom. The first-order valence-electron chi connectivity index (χ1n) is 13.3. The summed E-state index contributed by atoms with van der Waals surface area (Å²) in [5.41, 5.74) is 0.547. The summed E-state index contributed by atoms with van der Waals surface area (Å²) in [6.07, 6.45) is 4.05. The van der Waals surface area contributed by atoms with E-state index in [4.69, 9.17) is 4.74 Å². The Labute approximate surface area is 230 Å². The van der Waals surface area contributed by atoms with Crippen LogP contribution in [0.3, 0.4) is 0 Å². The predicted octanol–water partition coefficient (Wildman–Crippen LogP) is 3.14. The number of hydrogen-bond donors (Lipinski definition) is 4. The largest absolute Gasteiger partial charge is 0.380 e. The molecule has 9 nitrogen and oxygen atoms in total. The van der Waals surface area contributed by atoms with Crippen LogP contribution in [0.25, 0.3) is 0 Å². The molecule has 0 bridgehead atoms. The lowest BCUT2D eigenvalue weighted by Gasteiger charge is -2.29. The molecular formula is C28H42N4O5S. The number of aldehydes is 1. The number of carbonyl (C=O) groups excluding carboxylic acids is 4. The van der Waals surface area contributed by atoms with E-state index in [-0.39, 0.29) is 40.8 Å². The average Bonchev–Trinajstić information content (AvgIpc) is 3.43. The van der Waals surface area contributed by atoms with Gasteiger partial charge in [-0.3, -0.25) is 14.4 Å². The number of amides is 4. The molecule has 2 aliphatic rings. The van der Waals surface area contributed by atoms with E-state index >= 15 is 0 Å². The average molecular weight is 547 g/mol. The molecule has 0 saturated carbocycles. The number of hydrogen-bond acceptors (Lipinski definition) is 6. The molecule has 3 atom stereocenters. The third kappa shape index (κ3) is 9.31. The van der Waals surface area contributed by atoms with Gasteiger partial charge in [0.25, 0.3) is 5.91 Å². The number of urea groups is 1. The second-order valence-electron chi connectivity index (χ2n) is 11.9. The van der Waals surface area contributed by atoms with E-state index in [1.54, 1.807) is 24.3 Å². The minimum absolute atomic E-state index is 0.0510. The van der Waals surface area contributed by atoms with Gasteiger partial charge in [-0.1, -0.05) is 46.2 Å². The highest BCUT2D eigenvalue weighted by Gasteiger charge is 2.42. The van der Waals surface area contributed by atoms with Gasteiger partial charge in [0.15, 0.2) is 0 Å². The molecule has 0 radical (unpaired) electrons. The number of thioether (sulfide) groups is 1. The van der Waals surface area contributed by atoms with Crippen molar-refractivity contribution in [3.05, 3.63) is 35.4 Å². The van der Waals surface area contributed by atoms with Crippen molar-refractivity contribution in [1.29, 1.82) is 0 Å². The van der Waals surface area contributed by atoms with Gasteiger partial charge < -0.3 is 26.0 Å². The van der Waals surface area contributed by atoms with Gasteiger partial charge in [0.1, 0.15) is 6.29 Å². The van der Waals surface area contributed by atoms with E-state index in [0.29, 0.717) is 49.1 Å². The lowest BCUT2D eigenvalue weighted by molar-refractivity contribution is -0.121. The Balaban J connectivity index is 1.26. The zero-order chi connectivity index (χ0) is 27.8. The molecule has 0 aliphatic carbocycles. The second-order valence-corrected chi connectivity index (χ2v) is 13.2. The summed E-state index contributed by atoms with van der Waals surface area (Å²) in [6.45, 7) is 10.1. The van der Waals surface area contributed by atoms with Crippen LogP contribution < -0.4 is 21.3 Å². The molecule has 2 heterocycles. The van der Waals surface area contributed by atoms with E-state index in [1.165, 1.54) is 0 Å². The number of unbranched alkanes of at least 4 members (excludes halogenated alkanes) is 1. The molecule has 4 amide bonds. The van der Waals surface area contributed by atoms with Crippen LogP contribution in [-0.4, -0.2) is 73.5 Å². The van der Waals surface area contributed by atoms with Crippen LogP contribution in [-0.2, 0) is 9.53 Å². The zero-order valence-corrected chi connectivity index (χ0v) is 23.7. The van der Waals surface area contributed by atoms with Gasteiger partial charge in [-0.15, -0.1) is 0 Å². The number of rotatable bonds is 15. The number of ether oxygens (including phenoxy) is 1. The highest BCUT2D eigenvalue weighted by molar-refractivity contribution is 8.00. The van der Waals surface area contributed by atoms with Gasteiger partial charge in [-0.25, -0.2) is 4.79 Å². The summed E-state index contributed by atoms with van der Waals surface area (Å²) in [7, 11) is 0. The van der Waals surface area contributed by atoms with Crippen LogP contribution in [0.4, 0.5) is 4.79 Å². The smallest absolute Gasteiger partial charge is 0.315 e. The Bertz CT molecular complexity index is 982. The second kappa shape index (κ2) is 13.5. The van der Waals surface area contributed by atoms with Crippen molar-refractivity contribution in [2.24, 2.45) is 10.8 Å². The van der Waals surface area contributed by atoms with Crippen molar-refractivity contribution < 1.29 is 23.9 Å². The van der Waals surface area contributed by atoms with Crippen molar-refractivity contribution in [2.75, 3.05) is 32.1 Å². The Morgan fingerprint density at radius 1 is 1.03 bits per heavy atom. The maximum Gasteiger partial charge on any atom is 0.315 e. The monoisotopic (exact) mass is 546 g/mol. The molecule has 4 N–H and O–H groups in total. The predicted molar refractivity (Wildman–Crippen MR) is 150 cm³/mol. The minimum Gasteiger partial charge on any atom is -0.380 e. The molecule has 1 aromatic carbocycles. The lowest BCUT2D eigenvalue weighted by Crippen LogP contribution is -2.39. The molecule has 2 saturated heterocycles. The van der Waals surface area contributed by atoms with Crippen LogP contribution >= 0.6 is 11.8 Å². The summed E-state index contributed by atoms with van der Waals surface area (Å²) >= 11 is 1.90. The lowest BCUT2D eigenvalue weighted by atomic mass is 9.93. The zero-order valence-electron chi connectivity index (χ0n) is 22.9. The first kappa shape index (κ1) is 30.0. The molecule has 0 aromatic heterocycles. The third-order valence-electron chi connectivity index (χ3n) is 6.87. The van der Waals surface area contributed by atoms with Crippen molar-refractivity contribution in [3.8, 4) is 0 Å². The first-order valence-corrected chi connectivity index (χ1v) is 14.4. The Hall–Kier alpha value is -2.59. The third-order valence-corrected chi connectivity index (χ3v) is 8.38. The molecule has 2 aliphatic heterocycles. The van der Waals surface area contributed by atoms with Gasteiger partial charge in [-0.2, -0.15) is 11.8 Å². The summed E-state index contributed by atoms with van der Waals surface area (Å²) in [5, 5.41) is 12.4. The van der Waals surface area contributed by atoms with Crippen LogP contribution in [0.15, 0.2) is 24.3 Å². The molecule has 210 valence electrons. The maximum absolute atomic E-state index is 12.4. The van der Waals surface area contributed by atoms with Crippen LogP contribution in [0.5, 0.6) is 0 Å². The Kier molecular flexibility index (Phi) is 10.6. The molecule has 2 fully saturated rings. The van der Waals surface area contributed by atoms with Gasteiger partial charge in [0.05, 0.1) is 25.3 Å². The topological polar surface area (TPSA) is 126 Å². The normalized spacial score (nSPS) is 20.8.